The number of nitriles is 3. The Morgan fingerprint density at radius 3 is 1.43 bits per heavy atom. The average Bonchev–Trinajstić information content (AvgIpc) is 3.72. The van der Waals surface area contributed by atoms with Gasteiger partial charge in [-0.15, -0.1) is 0 Å². The van der Waals surface area contributed by atoms with Gasteiger partial charge in [0.15, 0.2) is 17.4 Å². The van der Waals surface area contributed by atoms with Crippen molar-refractivity contribution < 1.29 is 51.7 Å². The van der Waals surface area contributed by atoms with Crippen LogP contribution in [0.2, 0.25) is 0 Å². The molecule has 0 unspecified atom stereocenters. The molecule has 0 aliphatic carbocycles. The molecule has 0 saturated carbocycles. The molecule has 4 aromatic heterocycles. The molecule has 0 aliphatic heterocycles. The van der Waals surface area contributed by atoms with Crippen LogP contribution in [0.4, 0.5) is 22.0 Å². The van der Waals surface area contributed by atoms with Crippen molar-refractivity contribution in [3.8, 4) is 29.7 Å². The Morgan fingerprint density at radius 1 is 0.732 bits per heavy atom. The van der Waals surface area contributed by atoms with Gasteiger partial charge in [0.05, 0.1) is 57.3 Å². The lowest BCUT2D eigenvalue weighted by molar-refractivity contribution is -0.192. The van der Waals surface area contributed by atoms with Crippen molar-refractivity contribution in [2.24, 2.45) is 0 Å². The van der Waals surface area contributed by atoms with Gasteiger partial charge in [-0.3, -0.25) is 18.4 Å². The number of alkyl halides is 3. The standard InChI is InChI=1S/C17H10FN5O2.C16H10BrFN4O2.C2HF3O2/c1-2-13-14(23-8-12(18)7-21-17(23)22-13)16(25)9-3-10(5-19)15(24)11(4-9)6-20;1-2-12-13(22-7-10(18)6-20-16(22)21-12)15(24)8-3-9(5-19)14(23)11(17)4-8;3-2(4,5)1(6)7/h3-4,7-8,24H,2H2,1H3;3-4,6-7,23H,2H2,1H3;(H,6,7). The summed E-state index contributed by atoms with van der Waals surface area (Å²) in [7, 11) is 0. The van der Waals surface area contributed by atoms with Crippen LogP contribution in [0.15, 0.2) is 53.5 Å². The van der Waals surface area contributed by atoms with E-state index in [2.05, 4.69) is 35.9 Å². The first-order chi connectivity index (χ1) is 26.4. The summed E-state index contributed by atoms with van der Waals surface area (Å²) in [5, 5.41) is 53.9. The molecular weight excluding hydrogens is 817 g/mol. The first-order valence-corrected chi connectivity index (χ1v) is 16.2. The van der Waals surface area contributed by atoms with Crippen LogP contribution in [0.5, 0.6) is 11.5 Å². The molecule has 6 aromatic rings. The highest BCUT2D eigenvalue weighted by Gasteiger charge is 2.38. The van der Waals surface area contributed by atoms with Crippen LogP contribution in [0.25, 0.3) is 11.6 Å². The number of aryl methyl sites for hydroxylation is 2. The zero-order valence-corrected chi connectivity index (χ0v) is 30.0. The monoisotopic (exact) mass is 837 g/mol. The second-order valence-electron chi connectivity index (χ2n) is 11.0. The van der Waals surface area contributed by atoms with Crippen LogP contribution in [0.3, 0.4) is 0 Å². The van der Waals surface area contributed by atoms with Crippen LogP contribution >= 0.6 is 15.9 Å². The van der Waals surface area contributed by atoms with Gasteiger partial charge in [-0.1, -0.05) is 13.8 Å². The molecule has 284 valence electrons. The van der Waals surface area contributed by atoms with Crippen molar-refractivity contribution in [3.63, 3.8) is 0 Å². The number of hydrogen-bond donors (Lipinski definition) is 3. The van der Waals surface area contributed by atoms with Crippen LogP contribution < -0.4 is 0 Å². The SMILES string of the molecule is CCc1nc2ncc(F)cn2c1C(=O)c1cc(Br)c(O)c(C#N)c1.CCc1nc2ncc(F)cn2c1C(=O)c1cc(C#N)c(O)c(C#N)c1.O=C(O)C(F)(F)F. The summed E-state index contributed by atoms with van der Waals surface area (Å²) < 4.78 is 61.6. The Kier molecular flexibility index (Phi) is 12.4. The normalized spacial score (nSPS) is 10.7. The van der Waals surface area contributed by atoms with Crippen molar-refractivity contribution >= 4 is 45.0 Å². The molecule has 0 radical (unpaired) electrons. The van der Waals surface area contributed by atoms with Crippen LogP contribution in [0.1, 0.15) is 74.0 Å². The van der Waals surface area contributed by atoms with E-state index < -0.39 is 41.1 Å². The lowest BCUT2D eigenvalue weighted by Gasteiger charge is -2.06. The lowest BCUT2D eigenvalue weighted by Crippen LogP contribution is -2.21. The van der Waals surface area contributed by atoms with Gasteiger partial charge in [0.1, 0.15) is 35.3 Å². The number of carboxylic acid groups (broad SMARTS) is 1. The fourth-order valence-electron chi connectivity index (χ4n) is 4.91. The number of fused-ring (bicyclic) bond motifs is 2. The minimum absolute atomic E-state index is 0.0201. The maximum Gasteiger partial charge on any atom is 0.490 e. The summed E-state index contributed by atoms with van der Waals surface area (Å²) in [6, 6.07) is 10.4. The molecular formula is C35H21BrF5N9O6. The summed E-state index contributed by atoms with van der Waals surface area (Å²) in [5.74, 6) is -5.32. The summed E-state index contributed by atoms with van der Waals surface area (Å²) in [5.41, 5.74) is 0.933. The second-order valence-corrected chi connectivity index (χ2v) is 11.8. The predicted molar refractivity (Wildman–Crippen MR) is 183 cm³/mol. The highest BCUT2D eigenvalue weighted by Crippen LogP contribution is 2.31. The van der Waals surface area contributed by atoms with Gasteiger partial charge in [0.2, 0.25) is 23.1 Å². The Balaban J connectivity index is 0.000000213. The molecule has 0 bridgehead atoms. The third-order valence-electron chi connectivity index (χ3n) is 7.44. The third-order valence-corrected chi connectivity index (χ3v) is 8.05. The molecule has 21 heteroatoms. The lowest BCUT2D eigenvalue weighted by atomic mass is 9.99. The number of phenols is 2. The van der Waals surface area contributed by atoms with Crippen molar-refractivity contribution in [2.45, 2.75) is 32.9 Å². The van der Waals surface area contributed by atoms with E-state index >= 15 is 0 Å². The van der Waals surface area contributed by atoms with Gasteiger partial charge >= 0.3 is 12.1 Å². The van der Waals surface area contributed by atoms with E-state index in [1.165, 1.54) is 33.1 Å². The number of halogens is 6. The van der Waals surface area contributed by atoms with E-state index in [-0.39, 0.29) is 61.0 Å². The van der Waals surface area contributed by atoms with E-state index in [4.69, 9.17) is 25.7 Å². The summed E-state index contributed by atoms with van der Waals surface area (Å²) in [6.45, 7) is 3.61. The smallest absolute Gasteiger partial charge is 0.490 e. The number of nitrogens with zero attached hydrogens (tertiary/aromatic N) is 9. The molecule has 56 heavy (non-hydrogen) atoms. The molecule has 0 fully saturated rings. The molecule has 4 heterocycles. The molecule has 0 amide bonds. The number of aromatic hydroxyl groups is 2. The summed E-state index contributed by atoms with van der Waals surface area (Å²) in [4.78, 5) is 50.9. The number of aromatic nitrogens is 6. The van der Waals surface area contributed by atoms with Crippen LogP contribution in [-0.4, -0.2) is 67.8 Å². The fraction of sp³-hybridized carbons (Fsp3) is 0.143. The Labute approximate surface area is 318 Å². The van der Waals surface area contributed by atoms with E-state index in [9.17, 15) is 41.8 Å². The molecule has 0 aliphatic rings. The topological polar surface area (TPSA) is 244 Å². The van der Waals surface area contributed by atoms with Crippen molar-refractivity contribution in [2.75, 3.05) is 0 Å². The number of carboxylic acids is 1. The number of hydrogen-bond acceptors (Lipinski definition) is 12. The van der Waals surface area contributed by atoms with Crippen molar-refractivity contribution in [1.29, 1.82) is 15.8 Å². The number of carbonyl (C=O) groups is 3. The third kappa shape index (κ3) is 8.56. The van der Waals surface area contributed by atoms with Crippen LogP contribution in [0, 0.1) is 45.6 Å². The maximum atomic E-state index is 13.5. The number of benzene rings is 2. The van der Waals surface area contributed by atoms with Gasteiger partial charge in [-0.05, 0) is 53.0 Å². The van der Waals surface area contributed by atoms with E-state index in [1.54, 1.807) is 19.1 Å². The molecule has 0 saturated heterocycles. The number of imidazole rings is 2. The number of aliphatic carboxylic acids is 1. The Hall–Kier alpha value is -7.31. The van der Waals surface area contributed by atoms with Crippen molar-refractivity contribution in [3.05, 3.63) is 116 Å². The minimum atomic E-state index is -5.08. The molecule has 15 nitrogen and oxygen atoms in total. The van der Waals surface area contributed by atoms with Gasteiger partial charge in [0, 0.05) is 11.1 Å². The Bertz CT molecular complexity index is 2660. The Morgan fingerprint density at radius 2 is 1.09 bits per heavy atom. The second kappa shape index (κ2) is 16.8. The highest BCUT2D eigenvalue weighted by molar-refractivity contribution is 9.10. The zero-order valence-electron chi connectivity index (χ0n) is 28.4. The zero-order chi connectivity index (χ0) is 41.6. The first kappa shape index (κ1) is 41.4. The minimum Gasteiger partial charge on any atom is -0.505 e. The molecule has 2 aromatic carbocycles. The summed E-state index contributed by atoms with van der Waals surface area (Å²) in [6.07, 6.45) is 0.0385. The average molecular weight is 839 g/mol. The fourth-order valence-corrected chi connectivity index (χ4v) is 5.37. The quantitative estimate of drug-likeness (QED) is 0.134. The van der Waals surface area contributed by atoms with Gasteiger partial charge in [-0.25, -0.2) is 33.5 Å². The first-order valence-electron chi connectivity index (χ1n) is 15.4. The summed E-state index contributed by atoms with van der Waals surface area (Å²) >= 11 is 3.12. The predicted octanol–water partition coefficient (Wildman–Crippen LogP) is 5.75. The van der Waals surface area contributed by atoms with Crippen molar-refractivity contribution in [1.82, 2.24) is 28.7 Å². The molecule has 6 rings (SSSR count). The largest absolute Gasteiger partial charge is 0.505 e. The molecule has 0 spiro atoms. The maximum absolute atomic E-state index is 13.5. The molecule has 3 N–H and O–H groups in total. The van der Waals surface area contributed by atoms with E-state index in [0.717, 1.165) is 24.8 Å². The number of ketones is 2. The highest BCUT2D eigenvalue weighted by atomic mass is 79.9. The number of carbonyl (C=O) groups excluding carboxylic acids is 2. The van der Waals surface area contributed by atoms with E-state index in [0.29, 0.717) is 24.2 Å². The van der Waals surface area contributed by atoms with Gasteiger partial charge < -0.3 is 15.3 Å². The van der Waals surface area contributed by atoms with E-state index in [1.807, 2.05) is 13.0 Å². The number of phenolic OH excluding ortho intramolecular Hbond substituents is 2. The van der Waals surface area contributed by atoms with Gasteiger partial charge in [0.25, 0.3) is 0 Å². The molecule has 0 atom stereocenters. The number of rotatable bonds is 6. The van der Waals surface area contributed by atoms with Crippen LogP contribution in [-0.2, 0) is 17.6 Å². The van der Waals surface area contributed by atoms with Gasteiger partial charge in [-0.2, -0.15) is 29.0 Å².